The van der Waals surface area contributed by atoms with E-state index in [-0.39, 0.29) is 4.90 Å². The summed E-state index contributed by atoms with van der Waals surface area (Å²) in [6.45, 7) is 9.90. The Hall–Kier alpha value is -1.60. The minimum atomic E-state index is -3.64. The van der Waals surface area contributed by atoms with Gasteiger partial charge in [-0.25, -0.2) is 18.5 Å². The van der Waals surface area contributed by atoms with Gasteiger partial charge in [0.1, 0.15) is 0 Å². The number of nitrogens with zero attached hydrogens (tertiary/aromatic N) is 2. The molecule has 0 saturated carbocycles. The second-order valence-electron chi connectivity index (χ2n) is 6.69. The van der Waals surface area contributed by atoms with Crippen molar-refractivity contribution in [1.82, 2.24) is 10.2 Å². The number of aliphatic imine (C=N–C) groups is 1. The average molecular weight is 338 g/mol. The van der Waals surface area contributed by atoms with Gasteiger partial charge in [-0.05, 0) is 36.5 Å². The Morgan fingerprint density at radius 1 is 1.35 bits per heavy atom. The van der Waals surface area contributed by atoms with E-state index in [1.807, 2.05) is 0 Å². The summed E-state index contributed by atoms with van der Waals surface area (Å²) in [5.41, 5.74) is 1.26. The van der Waals surface area contributed by atoms with Gasteiger partial charge in [-0.15, -0.1) is 0 Å². The van der Waals surface area contributed by atoms with Crippen molar-refractivity contribution in [1.29, 1.82) is 0 Å². The summed E-state index contributed by atoms with van der Waals surface area (Å²) in [7, 11) is -3.64. The minimum absolute atomic E-state index is 0.124. The Balaban J connectivity index is 2.09. The van der Waals surface area contributed by atoms with Crippen molar-refractivity contribution in [3.63, 3.8) is 0 Å². The molecular weight excluding hydrogens is 312 g/mol. The smallest absolute Gasteiger partial charge is 0.238 e. The second-order valence-corrected chi connectivity index (χ2v) is 8.26. The molecule has 1 aromatic carbocycles. The molecule has 1 aliphatic heterocycles. The Bertz CT molecular complexity index is 666. The summed E-state index contributed by atoms with van der Waals surface area (Å²) in [6, 6.07) is 6.54. The van der Waals surface area contributed by atoms with Crippen LogP contribution in [-0.4, -0.2) is 38.9 Å². The van der Waals surface area contributed by atoms with Crippen LogP contribution in [0.25, 0.3) is 0 Å². The van der Waals surface area contributed by atoms with Gasteiger partial charge in [0.15, 0.2) is 5.96 Å². The Labute approximate surface area is 138 Å². The maximum Gasteiger partial charge on any atom is 0.238 e. The third-order valence-electron chi connectivity index (χ3n) is 3.98. The average Bonchev–Trinajstić information content (AvgIpc) is 2.83. The number of guanidine groups is 1. The molecule has 0 amide bonds. The van der Waals surface area contributed by atoms with E-state index in [0.29, 0.717) is 12.0 Å². The van der Waals surface area contributed by atoms with E-state index < -0.39 is 10.0 Å². The zero-order valence-electron chi connectivity index (χ0n) is 14.0. The van der Waals surface area contributed by atoms with Crippen molar-refractivity contribution >= 4 is 16.0 Å². The highest BCUT2D eigenvalue weighted by atomic mass is 32.2. The summed E-state index contributed by atoms with van der Waals surface area (Å²) in [5, 5.41) is 8.43. The number of rotatable bonds is 4. The van der Waals surface area contributed by atoms with E-state index in [4.69, 9.17) is 5.14 Å². The molecule has 128 valence electrons. The van der Waals surface area contributed by atoms with Crippen molar-refractivity contribution in [2.75, 3.05) is 19.6 Å². The van der Waals surface area contributed by atoms with Crippen LogP contribution in [0.1, 0.15) is 32.8 Å². The molecular formula is C16H26N4O2S. The number of hydrogen-bond donors (Lipinski definition) is 2. The molecule has 0 aromatic heterocycles. The highest BCUT2D eigenvalue weighted by Crippen LogP contribution is 2.28. The molecule has 1 fully saturated rings. The van der Waals surface area contributed by atoms with E-state index in [1.165, 1.54) is 12.1 Å². The third kappa shape index (κ3) is 4.94. The second kappa shape index (κ2) is 6.88. The minimum Gasteiger partial charge on any atom is -0.357 e. The predicted octanol–water partition coefficient (Wildman–Crippen LogP) is 1.53. The number of nitrogens with one attached hydrogen (secondary N) is 1. The van der Waals surface area contributed by atoms with Crippen molar-refractivity contribution in [3.8, 4) is 0 Å². The molecule has 2 rings (SSSR count). The Morgan fingerprint density at radius 2 is 2.00 bits per heavy atom. The largest absolute Gasteiger partial charge is 0.357 e. The summed E-state index contributed by atoms with van der Waals surface area (Å²) < 4.78 is 22.5. The maximum atomic E-state index is 11.3. The van der Waals surface area contributed by atoms with Crippen LogP contribution in [-0.2, 0) is 16.6 Å². The molecule has 0 radical (unpaired) electrons. The molecule has 7 heteroatoms. The van der Waals surface area contributed by atoms with Gasteiger partial charge in [0.05, 0.1) is 11.4 Å². The monoisotopic (exact) mass is 338 g/mol. The van der Waals surface area contributed by atoms with Crippen molar-refractivity contribution in [3.05, 3.63) is 29.8 Å². The first kappa shape index (κ1) is 17.7. The molecule has 6 nitrogen and oxygen atoms in total. The molecule has 1 saturated heterocycles. The molecule has 0 unspecified atom stereocenters. The van der Waals surface area contributed by atoms with Gasteiger partial charge >= 0.3 is 0 Å². The number of sulfonamides is 1. The first-order valence-corrected chi connectivity index (χ1v) is 9.41. The zero-order chi connectivity index (χ0) is 17.1. The van der Waals surface area contributed by atoms with Gasteiger partial charge in [0.25, 0.3) is 0 Å². The lowest BCUT2D eigenvalue weighted by Crippen LogP contribution is -2.40. The van der Waals surface area contributed by atoms with E-state index in [0.717, 1.165) is 37.6 Å². The highest BCUT2D eigenvalue weighted by molar-refractivity contribution is 7.89. The number of benzene rings is 1. The van der Waals surface area contributed by atoms with Gasteiger partial charge in [0.2, 0.25) is 10.0 Å². The van der Waals surface area contributed by atoms with Crippen LogP contribution in [0.5, 0.6) is 0 Å². The van der Waals surface area contributed by atoms with E-state index in [2.05, 4.69) is 36.0 Å². The molecule has 1 heterocycles. The molecule has 3 N–H and O–H groups in total. The van der Waals surface area contributed by atoms with Crippen LogP contribution >= 0.6 is 0 Å². The van der Waals surface area contributed by atoms with Gasteiger partial charge in [-0.1, -0.05) is 26.0 Å². The zero-order valence-corrected chi connectivity index (χ0v) is 14.9. The predicted molar refractivity (Wildman–Crippen MR) is 92.6 cm³/mol. The number of nitrogens with two attached hydrogens (primary N) is 1. The van der Waals surface area contributed by atoms with Crippen LogP contribution in [0.15, 0.2) is 34.2 Å². The first-order chi connectivity index (χ1) is 10.7. The van der Waals surface area contributed by atoms with Crippen LogP contribution in [0.4, 0.5) is 0 Å². The van der Waals surface area contributed by atoms with E-state index in [9.17, 15) is 8.42 Å². The normalized spacial score (nSPS) is 18.3. The van der Waals surface area contributed by atoms with Gasteiger partial charge < -0.3 is 10.2 Å². The van der Waals surface area contributed by atoms with Crippen LogP contribution in [0.3, 0.4) is 0 Å². The summed E-state index contributed by atoms with van der Waals surface area (Å²) in [4.78, 5) is 7.08. The molecule has 0 aliphatic carbocycles. The highest BCUT2D eigenvalue weighted by Gasteiger charge is 2.30. The molecule has 0 atom stereocenters. The number of likely N-dealkylation sites (tertiary alicyclic amines) is 1. The van der Waals surface area contributed by atoms with Crippen molar-refractivity contribution in [2.45, 2.75) is 38.6 Å². The summed E-state index contributed by atoms with van der Waals surface area (Å²) in [6.07, 6.45) is 1.15. The van der Waals surface area contributed by atoms with Gasteiger partial charge in [-0.3, -0.25) is 0 Å². The molecule has 0 bridgehead atoms. The molecule has 1 aromatic rings. The first-order valence-electron chi connectivity index (χ1n) is 7.86. The quantitative estimate of drug-likeness (QED) is 0.644. The summed E-state index contributed by atoms with van der Waals surface area (Å²) in [5.74, 6) is 0.911. The maximum absolute atomic E-state index is 11.3. The van der Waals surface area contributed by atoms with Crippen LogP contribution in [0, 0.1) is 5.41 Å². The third-order valence-corrected chi connectivity index (χ3v) is 4.90. The van der Waals surface area contributed by atoms with Crippen molar-refractivity contribution in [2.24, 2.45) is 15.5 Å². The lowest BCUT2D eigenvalue weighted by Gasteiger charge is -2.23. The van der Waals surface area contributed by atoms with Crippen LogP contribution in [0.2, 0.25) is 0 Å². The van der Waals surface area contributed by atoms with Crippen LogP contribution < -0.4 is 10.5 Å². The van der Waals surface area contributed by atoms with Gasteiger partial charge in [-0.2, -0.15) is 0 Å². The standard InChI is InChI=1S/C16H26N4O2S/c1-4-18-15(20-10-9-16(2,3)12-20)19-11-13-5-7-14(8-6-13)23(17,21)22/h5-8H,4,9-12H2,1-3H3,(H,18,19)(H2,17,21,22). The molecule has 0 spiro atoms. The topological polar surface area (TPSA) is 87.8 Å². The van der Waals surface area contributed by atoms with E-state index >= 15 is 0 Å². The van der Waals surface area contributed by atoms with E-state index in [1.54, 1.807) is 12.1 Å². The SMILES string of the molecule is CCNC(=NCc1ccc(S(N)(=O)=O)cc1)N1CCC(C)(C)C1. The Morgan fingerprint density at radius 3 is 2.48 bits per heavy atom. The lowest BCUT2D eigenvalue weighted by molar-refractivity contribution is 0.370. The lowest BCUT2D eigenvalue weighted by atomic mass is 9.93. The van der Waals surface area contributed by atoms with Crippen molar-refractivity contribution < 1.29 is 8.42 Å². The molecule has 23 heavy (non-hydrogen) atoms. The fourth-order valence-electron chi connectivity index (χ4n) is 2.67. The summed E-state index contributed by atoms with van der Waals surface area (Å²) >= 11 is 0. The molecule has 1 aliphatic rings. The fourth-order valence-corrected chi connectivity index (χ4v) is 3.19. The number of primary sulfonamides is 1. The van der Waals surface area contributed by atoms with Gasteiger partial charge in [0, 0.05) is 19.6 Å². The Kier molecular flexibility index (Phi) is 5.31. The number of hydrogen-bond acceptors (Lipinski definition) is 3. The fraction of sp³-hybridized carbons (Fsp3) is 0.562.